The van der Waals surface area contributed by atoms with E-state index in [-0.39, 0.29) is 11.9 Å². The summed E-state index contributed by atoms with van der Waals surface area (Å²) in [5, 5.41) is 0. The fourth-order valence-corrected chi connectivity index (χ4v) is 12.4. The number of hydrogen-bond acceptors (Lipinski definition) is 4. The second-order valence-corrected chi connectivity index (χ2v) is 25.8. The highest BCUT2D eigenvalue weighted by Gasteiger charge is 2.38. The van der Waals surface area contributed by atoms with Crippen molar-refractivity contribution < 1.29 is 19.1 Å². The number of rotatable bonds is 69. The lowest BCUT2D eigenvalue weighted by Crippen LogP contribution is -2.34. The Bertz CT molecular complexity index is 1100. The van der Waals surface area contributed by atoms with Crippen molar-refractivity contribution in [2.24, 2.45) is 5.41 Å². The van der Waals surface area contributed by atoms with Crippen molar-refractivity contribution in [3.8, 4) is 0 Å². The molecule has 0 amide bonds. The number of esters is 2. The molecule has 466 valence electrons. The lowest BCUT2D eigenvalue weighted by molar-refractivity contribution is -0.158. The van der Waals surface area contributed by atoms with Gasteiger partial charge in [-0.05, 0) is 38.5 Å². The fraction of sp³-hybridized carbons (Fsp3) is 0.973. The molecule has 78 heavy (non-hydrogen) atoms. The van der Waals surface area contributed by atoms with E-state index < -0.39 is 5.41 Å². The zero-order chi connectivity index (χ0) is 56.4. The summed E-state index contributed by atoms with van der Waals surface area (Å²) in [4.78, 5) is 27.7. The molecule has 0 rings (SSSR count). The second-order valence-electron chi connectivity index (χ2n) is 25.8. The van der Waals surface area contributed by atoms with Crippen molar-refractivity contribution in [3.05, 3.63) is 0 Å². The Morgan fingerprint density at radius 1 is 0.218 bits per heavy atom. The Morgan fingerprint density at radius 3 is 0.628 bits per heavy atom. The zero-order valence-corrected chi connectivity index (χ0v) is 54.5. The molecule has 0 fully saturated rings. The van der Waals surface area contributed by atoms with Crippen LogP contribution in [0.5, 0.6) is 0 Å². The van der Waals surface area contributed by atoms with Crippen LogP contribution in [0.4, 0.5) is 0 Å². The Hall–Kier alpha value is -1.06. The summed E-state index contributed by atoms with van der Waals surface area (Å²) in [5.41, 5.74) is -0.475. The van der Waals surface area contributed by atoms with Gasteiger partial charge in [0, 0.05) is 6.42 Å². The van der Waals surface area contributed by atoms with Gasteiger partial charge in [-0.2, -0.15) is 0 Å². The first-order valence-electron chi connectivity index (χ1n) is 36.9. The van der Waals surface area contributed by atoms with E-state index in [1.165, 1.54) is 347 Å². The molecule has 0 unspecified atom stereocenters. The van der Waals surface area contributed by atoms with Crippen LogP contribution in [-0.2, 0) is 19.1 Å². The van der Waals surface area contributed by atoms with Crippen LogP contribution in [0.25, 0.3) is 0 Å². The molecule has 4 heteroatoms. The third-order valence-electron chi connectivity index (χ3n) is 18.0. The van der Waals surface area contributed by atoms with Crippen LogP contribution in [0.3, 0.4) is 0 Å². The molecule has 0 aromatic carbocycles. The molecule has 0 aromatic rings. The highest BCUT2D eigenvalue weighted by atomic mass is 16.5. The molecular formula is C74H146O4. The van der Waals surface area contributed by atoms with Gasteiger partial charge in [-0.15, -0.1) is 0 Å². The molecular weight excluding hydrogens is 953 g/mol. The standard InChI is InChI=1S/C74H146O4/c1-5-9-13-17-21-25-29-33-37-39-43-47-51-55-59-63-70-77-72(75)66-65-69-74(67-61-57-53-49-45-41-35-31-27-23-19-15-11-7-3,68-62-58-54-50-46-42-36-32-28-24-20-16-12-8-4)73(76)78-71-64-60-56-52-48-44-40-38-34-30-26-22-18-14-10-6-2/h5-71H2,1-4H3. The van der Waals surface area contributed by atoms with E-state index in [1.54, 1.807) is 0 Å². The highest BCUT2D eigenvalue weighted by molar-refractivity contribution is 5.77. The summed E-state index contributed by atoms with van der Waals surface area (Å²) in [5.74, 6) is -0.0197. The van der Waals surface area contributed by atoms with Crippen molar-refractivity contribution in [2.75, 3.05) is 13.2 Å². The van der Waals surface area contributed by atoms with Gasteiger partial charge in [-0.3, -0.25) is 9.59 Å². The lowest BCUT2D eigenvalue weighted by Gasteiger charge is -2.32. The highest BCUT2D eigenvalue weighted by Crippen LogP contribution is 2.39. The average molecular weight is 1100 g/mol. The smallest absolute Gasteiger partial charge is 0.312 e. The van der Waals surface area contributed by atoms with Crippen LogP contribution in [0.1, 0.15) is 445 Å². The van der Waals surface area contributed by atoms with Gasteiger partial charge in [0.25, 0.3) is 0 Å². The van der Waals surface area contributed by atoms with Crippen LogP contribution < -0.4 is 0 Å². The van der Waals surface area contributed by atoms with Crippen molar-refractivity contribution in [2.45, 2.75) is 445 Å². The number of ether oxygens (including phenoxy) is 2. The van der Waals surface area contributed by atoms with Gasteiger partial charge in [0.2, 0.25) is 0 Å². The molecule has 0 aliphatic carbocycles. The third kappa shape index (κ3) is 58.1. The fourth-order valence-electron chi connectivity index (χ4n) is 12.4. The van der Waals surface area contributed by atoms with Crippen LogP contribution in [0, 0.1) is 5.41 Å². The molecule has 0 saturated heterocycles. The predicted molar refractivity (Wildman–Crippen MR) is 347 cm³/mol. The van der Waals surface area contributed by atoms with Gasteiger partial charge in [-0.1, -0.05) is 400 Å². The first-order valence-corrected chi connectivity index (χ1v) is 36.9. The van der Waals surface area contributed by atoms with Crippen LogP contribution in [-0.4, -0.2) is 25.2 Å². The molecule has 0 aliphatic rings. The molecule has 0 aliphatic heterocycles. The SMILES string of the molecule is CCCCCCCCCCCCCCCCCCOC(=O)CCCC(CCCCCCCCCCCCCCCC)(CCCCCCCCCCCCCCCC)C(=O)OCCCCCCCCCCCCCCCCCC. The van der Waals surface area contributed by atoms with Crippen LogP contribution >= 0.6 is 0 Å². The number of hydrogen-bond donors (Lipinski definition) is 0. The van der Waals surface area contributed by atoms with Crippen molar-refractivity contribution in [1.82, 2.24) is 0 Å². The minimum atomic E-state index is -0.475. The molecule has 0 heterocycles. The summed E-state index contributed by atoms with van der Waals surface area (Å²) in [7, 11) is 0. The van der Waals surface area contributed by atoms with E-state index in [2.05, 4.69) is 27.7 Å². The van der Waals surface area contributed by atoms with Crippen molar-refractivity contribution >= 4 is 11.9 Å². The molecule has 0 N–H and O–H groups in total. The van der Waals surface area contributed by atoms with E-state index in [9.17, 15) is 9.59 Å². The topological polar surface area (TPSA) is 52.6 Å². The summed E-state index contributed by atoms with van der Waals surface area (Å²) in [6, 6.07) is 0. The third-order valence-corrected chi connectivity index (χ3v) is 18.0. The van der Waals surface area contributed by atoms with Gasteiger partial charge in [0.05, 0.1) is 18.6 Å². The molecule has 0 saturated carbocycles. The van der Waals surface area contributed by atoms with Crippen molar-refractivity contribution in [3.63, 3.8) is 0 Å². The maximum Gasteiger partial charge on any atom is 0.312 e. The van der Waals surface area contributed by atoms with E-state index in [1.807, 2.05) is 0 Å². The quantitative estimate of drug-likeness (QED) is 0.0450. The lowest BCUT2D eigenvalue weighted by atomic mass is 9.74. The van der Waals surface area contributed by atoms with E-state index >= 15 is 0 Å². The Labute approximate surface area is 492 Å². The monoisotopic (exact) mass is 1100 g/mol. The Kier molecular flexibility index (Phi) is 65.8. The molecule has 0 bridgehead atoms. The summed E-state index contributed by atoms with van der Waals surface area (Å²) in [6.07, 6.45) is 84.4. The normalized spacial score (nSPS) is 11.8. The summed E-state index contributed by atoms with van der Waals surface area (Å²) >= 11 is 0. The van der Waals surface area contributed by atoms with Crippen LogP contribution in [0.15, 0.2) is 0 Å². The van der Waals surface area contributed by atoms with Gasteiger partial charge < -0.3 is 9.47 Å². The minimum Gasteiger partial charge on any atom is -0.466 e. The first kappa shape index (κ1) is 76.9. The minimum absolute atomic E-state index is 0.0504. The summed E-state index contributed by atoms with van der Waals surface area (Å²) in [6.45, 7) is 10.3. The maximum absolute atomic E-state index is 14.5. The summed E-state index contributed by atoms with van der Waals surface area (Å²) < 4.78 is 12.2. The molecule has 4 nitrogen and oxygen atoms in total. The average Bonchev–Trinajstić information content (AvgIpc) is 3.45. The Balaban J connectivity index is 5.12. The van der Waals surface area contributed by atoms with E-state index in [0.29, 0.717) is 19.6 Å². The van der Waals surface area contributed by atoms with Gasteiger partial charge in [0.15, 0.2) is 0 Å². The molecule has 0 aromatic heterocycles. The largest absolute Gasteiger partial charge is 0.466 e. The molecule has 0 spiro atoms. The first-order chi connectivity index (χ1) is 38.6. The predicted octanol–water partition coefficient (Wildman–Crippen LogP) is 26.5. The Morgan fingerprint density at radius 2 is 0.397 bits per heavy atom. The van der Waals surface area contributed by atoms with Gasteiger partial charge in [-0.25, -0.2) is 0 Å². The van der Waals surface area contributed by atoms with Crippen LogP contribution in [0.2, 0.25) is 0 Å². The molecule has 0 radical (unpaired) electrons. The number of carbonyl (C=O) groups excluding carboxylic acids is 2. The maximum atomic E-state index is 14.5. The number of carbonyl (C=O) groups is 2. The van der Waals surface area contributed by atoms with E-state index in [0.717, 1.165) is 64.2 Å². The van der Waals surface area contributed by atoms with Gasteiger partial charge >= 0.3 is 11.9 Å². The molecule has 0 atom stereocenters. The number of unbranched alkanes of at least 4 members (excludes halogenated alkanes) is 56. The van der Waals surface area contributed by atoms with Crippen molar-refractivity contribution in [1.29, 1.82) is 0 Å². The zero-order valence-electron chi connectivity index (χ0n) is 54.5. The van der Waals surface area contributed by atoms with Gasteiger partial charge in [0.1, 0.15) is 0 Å². The second kappa shape index (κ2) is 66.7. The van der Waals surface area contributed by atoms with E-state index in [4.69, 9.17) is 9.47 Å².